The molecule has 1 aliphatic carbocycles. The number of aliphatic imine (C=N–C) groups is 1. The van der Waals surface area contributed by atoms with Crippen LogP contribution < -0.4 is 15.4 Å². The molecule has 0 amide bonds. The Kier molecular flexibility index (Phi) is 7.66. The standard InChI is InChI=1S/C21H31F3N4O3/c1-3-25-19(26-13-20(2,29)14-28-8-10-30-11-9-28)27-17-12-16(17)15-6-4-5-7-18(15)31-21(22,23)24/h4-7,16-17,29H,3,8-14H2,1-2H3,(H2,25,26,27). The van der Waals surface area contributed by atoms with Crippen molar-refractivity contribution in [2.45, 2.75) is 44.2 Å². The van der Waals surface area contributed by atoms with Gasteiger partial charge in [0.2, 0.25) is 0 Å². The number of para-hydroxylation sites is 1. The number of β-amino-alcohol motifs (C(OH)–C–C–N with tert-alkyl or cyclic N) is 1. The largest absolute Gasteiger partial charge is 0.573 e. The summed E-state index contributed by atoms with van der Waals surface area (Å²) in [6.45, 7) is 7.88. The van der Waals surface area contributed by atoms with Crippen molar-refractivity contribution in [1.29, 1.82) is 0 Å². The van der Waals surface area contributed by atoms with Gasteiger partial charge in [0.1, 0.15) is 5.75 Å². The van der Waals surface area contributed by atoms with Crippen LogP contribution in [0.3, 0.4) is 0 Å². The number of hydrogen-bond acceptors (Lipinski definition) is 5. The average molecular weight is 444 g/mol. The van der Waals surface area contributed by atoms with Crippen LogP contribution in [0.25, 0.3) is 0 Å². The molecule has 1 heterocycles. The SMILES string of the molecule is CCNC(=NCC(C)(O)CN1CCOCC1)NC1CC1c1ccccc1OC(F)(F)F. The van der Waals surface area contributed by atoms with E-state index in [2.05, 4.69) is 25.3 Å². The fourth-order valence-electron chi connectivity index (χ4n) is 3.74. The van der Waals surface area contributed by atoms with Crippen molar-refractivity contribution in [2.75, 3.05) is 45.9 Å². The lowest BCUT2D eigenvalue weighted by Crippen LogP contribution is -2.48. The number of ether oxygens (including phenoxy) is 2. The van der Waals surface area contributed by atoms with Gasteiger partial charge < -0.3 is 25.2 Å². The van der Waals surface area contributed by atoms with Crippen molar-refractivity contribution in [3.63, 3.8) is 0 Å². The Morgan fingerprint density at radius 1 is 1.29 bits per heavy atom. The first kappa shape index (κ1) is 23.6. The summed E-state index contributed by atoms with van der Waals surface area (Å²) >= 11 is 0. The molecule has 2 fully saturated rings. The van der Waals surface area contributed by atoms with Crippen LogP contribution in [-0.2, 0) is 4.74 Å². The molecule has 31 heavy (non-hydrogen) atoms. The third-order valence-electron chi connectivity index (χ3n) is 5.25. The number of alkyl halides is 3. The zero-order valence-electron chi connectivity index (χ0n) is 17.9. The Balaban J connectivity index is 1.59. The van der Waals surface area contributed by atoms with Crippen LogP contribution in [0, 0.1) is 0 Å². The second-order valence-electron chi connectivity index (χ2n) is 8.26. The minimum absolute atomic E-state index is 0.0556. The highest BCUT2D eigenvalue weighted by Gasteiger charge is 2.42. The summed E-state index contributed by atoms with van der Waals surface area (Å²) in [5.41, 5.74) is -0.483. The van der Waals surface area contributed by atoms with Crippen molar-refractivity contribution in [2.24, 2.45) is 4.99 Å². The highest BCUT2D eigenvalue weighted by atomic mass is 19.4. The van der Waals surface area contributed by atoms with E-state index >= 15 is 0 Å². The van der Waals surface area contributed by atoms with E-state index in [0.29, 0.717) is 44.2 Å². The Hall–Kier alpha value is -2.04. The maximum atomic E-state index is 12.7. The topological polar surface area (TPSA) is 78.4 Å². The molecule has 2 aliphatic rings. The number of rotatable bonds is 8. The first-order valence-electron chi connectivity index (χ1n) is 10.6. The van der Waals surface area contributed by atoms with Gasteiger partial charge in [0, 0.05) is 38.1 Å². The van der Waals surface area contributed by atoms with Crippen LogP contribution >= 0.6 is 0 Å². The molecule has 3 N–H and O–H groups in total. The van der Waals surface area contributed by atoms with Gasteiger partial charge in [-0.15, -0.1) is 13.2 Å². The summed E-state index contributed by atoms with van der Waals surface area (Å²) in [6.07, 6.45) is -4.05. The smallest absolute Gasteiger partial charge is 0.405 e. The summed E-state index contributed by atoms with van der Waals surface area (Å²) in [5, 5.41) is 17.1. The summed E-state index contributed by atoms with van der Waals surface area (Å²) in [7, 11) is 0. The first-order chi connectivity index (χ1) is 14.7. The second-order valence-corrected chi connectivity index (χ2v) is 8.26. The number of aliphatic hydroxyl groups is 1. The zero-order chi connectivity index (χ0) is 22.5. The van der Waals surface area contributed by atoms with Crippen LogP contribution in [0.4, 0.5) is 13.2 Å². The zero-order valence-corrected chi connectivity index (χ0v) is 17.9. The first-order valence-corrected chi connectivity index (χ1v) is 10.6. The maximum Gasteiger partial charge on any atom is 0.573 e. The molecule has 1 saturated carbocycles. The summed E-state index contributed by atoms with van der Waals surface area (Å²) < 4.78 is 47.6. The second kappa shape index (κ2) is 10.1. The molecule has 1 aliphatic heterocycles. The van der Waals surface area contributed by atoms with E-state index in [-0.39, 0.29) is 24.3 Å². The van der Waals surface area contributed by atoms with Crippen molar-refractivity contribution >= 4 is 5.96 Å². The molecular formula is C21H31F3N4O3. The molecule has 3 rings (SSSR count). The van der Waals surface area contributed by atoms with Gasteiger partial charge >= 0.3 is 6.36 Å². The third-order valence-corrected chi connectivity index (χ3v) is 5.25. The predicted octanol–water partition coefficient (Wildman–Crippen LogP) is 2.08. The minimum atomic E-state index is -4.73. The van der Waals surface area contributed by atoms with Gasteiger partial charge in [-0.25, -0.2) is 0 Å². The van der Waals surface area contributed by atoms with E-state index in [1.165, 1.54) is 12.1 Å². The molecule has 174 valence electrons. The summed E-state index contributed by atoms with van der Waals surface area (Å²) in [4.78, 5) is 6.66. The highest BCUT2D eigenvalue weighted by Crippen LogP contribution is 2.45. The van der Waals surface area contributed by atoms with E-state index in [1.807, 2.05) is 6.92 Å². The monoisotopic (exact) mass is 444 g/mol. The molecule has 0 spiro atoms. The van der Waals surface area contributed by atoms with Crippen LogP contribution in [0.2, 0.25) is 0 Å². The molecule has 1 saturated heterocycles. The molecule has 0 bridgehead atoms. The van der Waals surface area contributed by atoms with Gasteiger partial charge in [-0.2, -0.15) is 0 Å². The van der Waals surface area contributed by atoms with Gasteiger partial charge in [-0.1, -0.05) is 18.2 Å². The summed E-state index contributed by atoms with van der Waals surface area (Å²) in [6, 6.07) is 6.17. The Morgan fingerprint density at radius 2 is 2.00 bits per heavy atom. The van der Waals surface area contributed by atoms with E-state index in [0.717, 1.165) is 13.1 Å². The van der Waals surface area contributed by atoms with Crippen LogP contribution in [0.1, 0.15) is 31.7 Å². The van der Waals surface area contributed by atoms with Gasteiger partial charge in [-0.05, 0) is 31.9 Å². The molecule has 10 heteroatoms. The Morgan fingerprint density at radius 3 is 2.68 bits per heavy atom. The fourth-order valence-corrected chi connectivity index (χ4v) is 3.74. The van der Waals surface area contributed by atoms with Crippen molar-refractivity contribution in [3.8, 4) is 5.75 Å². The maximum absolute atomic E-state index is 12.7. The van der Waals surface area contributed by atoms with Crippen molar-refractivity contribution < 1.29 is 27.8 Å². The molecule has 3 unspecified atom stereocenters. The molecule has 0 radical (unpaired) electrons. The lowest BCUT2D eigenvalue weighted by atomic mass is 10.1. The Labute approximate surface area is 180 Å². The molecule has 0 aromatic heterocycles. The molecular weight excluding hydrogens is 413 g/mol. The molecule has 3 atom stereocenters. The van der Waals surface area contributed by atoms with Gasteiger partial charge in [0.15, 0.2) is 5.96 Å². The van der Waals surface area contributed by atoms with Crippen LogP contribution in [0.5, 0.6) is 5.75 Å². The molecule has 1 aromatic carbocycles. The number of halogens is 3. The number of morpholine rings is 1. The number of benzene rings is 1. The normalized spacial score (nSPS) is 24.4. The van der Waals surface area contributed by atoms with E-state index < -0.39 is 12.0 Å². The van der Waals surface area contributed by atoms with Gasteiger partial charge in [0.05, 0.1) is 25.4 Å². The van der Waals surface area contributed by atoms with E-state index in [1.54, 1.807) is 19.1 Å². The Bertz CT molecular complexity index is 752. The predicted molar refractivity (Wildman–Crippen MR) is 111 cm³/mol. The lowest BCUT2D eigenvalue weighted by Gasteiger charge is -2.33. The van der Waals surface area contributed by atoms with Crippen molar-refractivity contribution in [3.05, 3.63) is 29.8 Å². The quantitative estimate of drug-likeness (QED) is 0.421. The van der Waals surface area contributed by atoms with Crippen LogP contribution in [0.15, 0.2) is 29.3 Å². The highest BCUT2D eigenvalue weighted by molar-refractivity contribution is 5.80. The fraction of sp³-hybridized carbons (Fsp3) is 0.667. The average Bonchev–Trinajstić information content (AvgIpc) is 3.45. The van der Waals surface area contributed by atoms with Crippen LogP contribution in [-0.4, -0.2) is 79.9 Å². The van der Waals surface area contributed by atoms with E-state index in [4.69, 9.17) is 4.74 Å². The molecule has 7 nitrogen and oxygen atoms in total. The number of nitrogens with zero attached hydrogens (tertiary/aromatic N) is 2. The number of hydrogen-bond donors (Lipinski definition) is 3. The van der Waals surface area contributed by atoms with Gasteiger partial charge in [0.25, 0.3) is 0 Å². The molecule has 1 aromatic rings. The third kappa shape index (κ3) is 7.55. The number of guanidine groups is 1. The minimum Gasteiger partial charge on any atom is -0.405 e. The number of nitrogens with one attached hydrogen (secondary N) is 2. The van der Waals surface area contributed by atoms with Gasteiger partial charge in [-0.3, -0.25) is 9.89 Å². The van der Waals surface area contributed by atoms with E-state index in [9.17, 15) is 18.3 Å². The van der Waals surface area contributed by atoms with Crippen molar-refractivity contribution in [1.82, 2.24) is 15.5 Å². The summed E-state index contributed by atoms with van der Waals surface area (Å²) in [5.74, 6) is 0.266. The lowest BCUT2D eigenvalue weighted by molar-refractivity contribution is -0.274.